The Morgan fingerprint density at radius 2 is 2.15 bits per heavy atom. The molecule has 1 amide bonds. The Labute approximate surface area is 156 Å². The van der Waals surface area contributed by atoms with E-state index in [9.17, 15) is 4.79 Å². The van der Waals surface area contributed by atoms with Crippen molar-refractivity contribution >= 4 is 28.5 Å². The molecule has 26 heavy (non-hydrogen) atoms. The van der Waals surface area contributed by atoms with Gasteiger partial charge in [-0.05, 0) is 30.5 Å². The predicted molar refractivity (Wildman–Crippen MR) is 104 cm³/mol. The van der Waals surface area contributed by atoms with Crippen LogP contribution in [0, 0.1) is 6.92 Å². The highest BCUT2D eigenvalue weighted by Crippen LogP contribution is 2.32. The Balaban J connectivity index is 1.41. The van der Waals surface area contributed by atoms with E-state index < -0.39 is 0 Å². The van der Waals surface area contributed by atoms with E-state index in [0.717, 1.165) is 35.5 Å². The highest BCUT2D eigenvalue weighted by atomic mass is 32.1. The molecule has 2 aromatic heterocycles. The van der Waals surface area contributed by atoms with Crippen molar-refractivity contribution in [1.82, 2.24) is 14.8 Å². The summed E-state index contributed by atoms with van der Waals surface area (Å²) in [5, 5.41) is 7.34. The van der Waals surface area contributed by atoms with E-state index in [1.165, 1.54) is 16.0 Å². The number of rotatable bonds is 5. The van der Waals surface area contributed by atoms with E-state index in [4.69, 9.17) is 0 Å². The molecular formula is C20H20N4OS. The number of carbonyl (C=O) groups excluding carboxylic acids is 1. The number of benzene rings is 1. The number of carbonyl (C=O) groups is 1. The van der Waals surface area contributed by atoms with E-state index in [-0.39, 0.29) is 5.91 Å². The van der Waals surface area contributed by atoms with Crippen LogP contribution >= 0.6 is 11.3 Å². The fraction of sp³-hybridized carbons (Fsp3) is 0.250. The van der Waals surface area contributed by atoms with Crippen LogP contribution in [0.5, 0.6) is 0 Å². The summed E-state index contributed by atoms with van der Waals surface area (Å²) in [6, 6.07) is 8.18. The van der Waals surface area contributed by atoms with Crippen LogP contribution < -0.4 is 5.32 Å². The monoisotopic (exact) mass is 364 g/mol. The van der Waals surface area contributed by atoms with E-state index >= 15 is 0 Å². The van der Waals surface area contributed by atoms with Crippen molar-refractivity contribution in [3.63, 3.8) is 0 Å². The Morgan fingerprint density at radius 3 is 2.92 bits per heavy atom. The minimum absolute atomic E-state index is 0.0449. The fourth-order valence-electron chi connectivity index (χ4n) is 3.32. The summed E-state index contributed by atoms with van der Waals surface area (Å²) >= 11 is 1.67. The molecule has 0 fully saturated rings. The molecule has 0 bridgehead atoms. The van der Waals surface area contributed by atoms with Gasteiger partial charge in [-0.3, -0.25) is 9.48 Å². The van der Waals surface area contributed by atoms with Crippen LogP contribution in [0.3, 0.4) is 0 Å². The Morgan fingerprint density at radius 1 is 1.31 bits per heavy atom. The first-order valence-corrected chi connectivity index (χ1v) is 9.50. The van der Waals surface area contributed by atoms with Gasteiger partial charge in [0.05, 0.1) is 23.1 Å². The van der Waals surface area contributed by atoms with Gasteiger partial charge < -0.3 is 5.32 Å². The van der Waals surface area contributed by atoms with Crippen LogP contribution in [0.1, 0.15) is 28.6 Å². The molecule has 0 radical (unpaired) electrons. The minimum Gasteiger partial charge on any atom is -0.320 e. The van der Waals surface area contributed by atoms with Crippen molar-refractivity contribution in [3.8, 4) is 0 Å². The maximum Gasteiger partial charge on any atom is 0.252 e. The van der Waals surface area contributed by atoms with Crippen LogP contribution in [-0.4, -0.2) is 20.7 Å². The van der Waals surface area contributed by atoms with E-state index in [1.54, 1.807) is 17.5 Å². The summed E-state index contributed by atoms with van der Waals surface area (Å²) in [7, 11) is 0. The zero-order chi connectivity index (χ0) is 18.1. The first-order valence-electron chi connectivity index (χ1n) is 8.62. The molecule has 4 rings (SSSR count). The predicted octanol–water partition coefficient (Wildman–Crippen LogP) is 3.86. The number of nitrogens with one attached hydrogen (secondary N) is 1. The van der Waals surface area contributed by atoms with Crippen molar-refractivity contribution < 1.29 is 4.79 Å². The highest BCUT2D eigenvalue weighted by Gasteiger charge is 2.23. The number of aryl methyl sites for hydroxylation is 3. The van der Waals surface area contributed by atoms with Gasteiger partial charge in [-0.2, -0.15) is 5.10 Å². The second-order valence-electron chi connectivity index (χ2n) is 6.49. The average molecular weight is 364 g/mol. The van der Waals surface area contributed by atoms with Gasteiger partial charge in [-0.1, -0.05) is 24.3 Å². The normalized spacial score (nSPS) is 13.2. The minimum atomic E-state index is -0.0449. The van der Waals surface area contributed by atoms with Gasteiger partial charge in [0.15, 0.2) is 0 Å². The largest absolute Gasteiger partial charge is 0.320 e. The van der Waals surface area contributed by atoms with Gasteiger partial charge in [-0.25, -0.2) is 4.98 Å². The van der Waals surface area contributed by atoms with Crippen molar-refractivity contribution in [2.24, 2.45) is 0 Å². The van der Waals surface area contributed by atoms with E-state index in [0.29, 0.717) is 6.42 Å². The number of allylic oxidation sites excluding steroid dienone is 1. The number of hydrogen-bond acceptors (Lipinski definition) is 4. The maximum absolute atomic E-state index is 12.7. The Hall–Kier alpha value is -2.73. The summed E-state index contributed by atoms with van der Waals surface area (Å²) < 4.78 is 1.86. The third-order valence-electron chi connectivity index (χ3n) is 4.82. The number of aromatic nitrogens is 3. The van der Waals surface area contributed by atoms with E-state index in [1.807, 2.05) is 42.4 Å². The molecule has 0 atom stereocenters. The van der Waals surface area contributed by atoms with Gasteiger partial charge in [0.1, 0.15) is 0 Å². The number of thiazole rings is 1. The smallest absolute Gasteiger partial charge is 0.252 e. The number of amides is 1. The number of anilines is 1. The SMILES string of the molecule is CC1=C(C(=O)Nc2cnn(CCc3scnc3C)c2)Cc2ccccc21. The second-order valence-corrected chi connectivity index (χ2v) is 7.43. The lowest BCUT2D eigenvalue weighted by Gasteiger charge is -2.04. The van der Waals surface area contributed by atoms with Crippen molar-refractivity contribution in [2.75, 3.05) is 5.32 Å². The topological polar surface area (TPSA) is 59.8 Å². The zero-order valence-electron chi connectivity index (χ0n) is 14.8. The van der Waals surface area contributed by atoms with Crippen LogP contribution in [-0.2, 0) is 24.2 Å². The molecule has 5 nitrogen and oxygen atoms in total. The summed E-state index contributed by atoms with van der Waals surface area (Å²) in [5.74, 6) is -0.0449. The molecule has 6 heteroatoms. The lowest BCUT2D eigenvalue weighted by atomic mass is 10.1. The molecule has 0 aliphatic heterocycles. The summed E-state index contributed by atoms with van der Waals surface area (Å²) in [5.41, 5.74) is 7.96. The molecule has 1 aromatic carbocycles. The molecular weight excluding hydrogens is 344 g/mol. The third-order valence-corrected chi connectivity index (χ3v) is 5.81. The van der Waals surface area contributed by atoms with Crippen molar-refractivity contribution in [2.45, 2.75) is 33.2 Å². The summed E-state index contributed by atoms with van der Waals surface area (Å²) in [4.78, 5) is 18.2. The number of hydrogen-bond donors (Lipinski definition) is 1. The lowest BCUT2D eigenvalue weighted by Crippen LogP contribution is -2.14. The van der Waals surface area contributed by atoms with E-state index in [2.05, 4.69) is 27.5 Å². The van der Waals surface area contributed by atoms with Crippen LogP contribution in [0.4, 0.5) is 5.69 Å². The Kier molecular flexibility index (Phi) is 4.42. The second kappa shape index (κ2) is 6.88. The lowest BCUT2D eigenvalue weighted by molar-refractivity contribution is -0.112. The van der Waals surface area contributed by atoms with Gasteiger partial charge in [0.2, 0.25) is 0 Å². The van der Waals surface area contributed by atoms with Crippen LogP contribution in [0.15, 0.2) is 47.7 Å². The molecule has 132 valence electrons. The molecule has 1 N–H and O–H groups in total. The standard InChI is InChI=1S/C20H20N4OS/c1-13-17-6-4-3-5-15(17)9-18(13)20(25)23-16-10-22-24(11-16)8-7-19-14(2)21-12-26-19/h3-6,10-12H,7-9H2,1-2H3,(H,23,25). The molecule has 0 saturated heterocycles. The molecule has 1 aliphatic rings. The fourth-order valence-corrected chi connectivity index (χ4v) is 4.09. The van der Waals surface area contributed by atoms with Crippen LogP contribution in [0.2, 0.25) is 0 Å². The summed E-state index contributed by atoms with van der Waals surface area (Å²) in [6.07, 6.45) is 5.17. The van der Waals surface area contributed by atoms with Gasteiger partial charge >= 0.3 is 0 Å². The molecule has 2 heterocycles. The molecule has 0 spiro atoms. The van der Waals surface area contributed by atoms with Crippen molar-refractivity contribution in [1.29, 1.82) is 0 Å². The molecule has 0 unspecified atom stereocenters. The molecule has 3 aromatic rings. The van der Waals surface area contributed by atoms with Gasteiger partial charge in [0.25, 0.3) is 5.91 Å². The third kappa shape index (κ3) is 3.20. The molecule has 0 saturated carbocycles. The highest BCUT2D eigenvalue weighted by molar-refractivity contribution is 7.09. The van der Waals surface area contributed by atoms with Gasteiger partial charge in [0, 0.05) is 36.0 Å². The van der Waals surface area contributed by atoms with Crippen LogP contribution in [0.25, 0.3) is 5.57 Å². The average Bonchev–Trinajstić information content (AvgIpc) is 3.33. The number of nitrogens with zero attached hydrogens (tertiary/aromatic N) is 3. The summed E-state index contributed by atoms with van der Waals surface area (Å²) in [6.45, 7) is 4.81. The maximum atomic E-state index is 12.7. The first-order chi connectivity index (χ1) is 12.6. The Bertz CT molecular complexity index is 999. The zero-order valence-corrected chi connectivity index (χ0v) is 15.6. The van der Waals surface area contributed by atoms with Gasteiger partial charge in [-0.15, -0.1) is 11.3 Å². The van der Waals surface area contributed by atoms with Crippen molar-refractivity contribution in [3.05, 3.63) is 69.4 Å². The number of fused-ring (bicyclic) bond motifs is 1. The first kappa shape index (κ1) is 16.7. The molecule has 1 aliphatic carbocycles. The quantitative estimate of drug-likeness (QED) is 0.748.